The van der Waals surface area contributed by atoms with Crippen LogP contribution in [0.2, 0.25) is 0 Å². The van der Waals surface area contributed by atoms with Gasteiger partial charge in [0, 0.05) is 12.0 Å². The highest BCUT2D eigenvalue weighted by molar-refractivity contribution is 5.94. The second kappa shape index (κ2) is 4.30. The maximum absolute atomic E-state index is 11.7. The van der Waals surface area contributed by atoms with Crippen LogP contribution in [0.15, 0.2) is 48.5 Å². The Hall–Kier alpha value is -2.09. The lowest BCUT2D eigenvalue weighted by atomic mass is 9.99. The minimum Gasteiger partial charge on any atom is -0.454 e. The molecule has 0 saturated heterocycles. The monoisotopic (exact) mass is 238 g/mol. The van der Waals surface area contributed by atoms with Gasteiger partial charge in [-0.05, 0) is 18.6 Å². The van der Waals surface area contributed by atoms with Crippen LogP contribution in [0, 0.1) is 6.92 Å². The van der Waals surface area contributed by atoms with Crippen molar-refractivity contribution in [1.29, 1.82) is 0 Å². The molecule has 3 rings (SSSR count). The van der Waals surface area contributed by atoms with Gasteiger partial charge >= 0.3 is 5.97 Å². The molecule has 2 aromatic rings. The number of hydrogen-bond donors (Lipinski definition) is 0. The van der Waals surface area contributed by atoms with Gasteiger partial charge in [-0.1, -0.05) is 48.0 Å². The molecule has 0 spiro atoms. The zero-order valence-corrected chi connectivity index (χ0v) is 10.2. The number of hydrogen-bond acceptors (Lipinski definition) is 2. The highest BCUT2D eigenvalue weighted by atomic mass is 16.5. The first kappa shape index (κ1) is 11.0. The van der Waals surface area contributed by atoms with Crippen LogP contribution in [0.25, 0.3) is 0 Å². The van der Waals surface area contributed by atoms with Crippen LogP contribution in [0.3, 0.4) is 0 Å². The van der Waals surface area contributed by atoms with Crippen LogP contribution in [0.4, 0.5) is 0 Å². The number of carbonyl (C=O) groups excluding carboxylic acids is 1. The molecule has 0 radical (unpaired) electrons. The first-order valence-electron chi connectivity index (χ1n) is 6.09. The van der Waals surface area contributed by atoms with Gasteiger partial charge in [-0.3, -0.25) is 0 Å². The highest BCUT2D eigenvalue weighted by Crippen LogP contribution is 2.32. The molecule has 0 unspecified atom stereocenters. The largest absolute Gasteiger partial charge is 0.454 e. The molecule has 0 aliphatic carbocycles. The van der Waals surface area contributed by atoms with Gasteiger partial charge in [-0.2, -0.15) is 0 Å². The Morgan fingerprint density at radius 1 is 1.06 bits per heavy atom. The molecule has 1 atom stereocenters. The number of aryl methyl sites for hydroxylation is 1. The molecule has 2 nitrogen and oxygen atoms in total. The third-order valence-electron chi connectivity index (χ3n) is 3.32. The fraction of sp³-hybridized carbons (Fsp3) is 0.188. The van der Waals surface area contributed by atoms with Crippen LogP contribution < -0.4 is 0 Å². The summed E-state index contributed by atoms with van der Waals surface area (Å²) in [7, 11) is 0. The van der Waals surface area contributed by atoms with Gasteiger partial charge in [-0.15, -0.1) is 0 Å². The van der Waals surface area contributed by atoms with E-state index in [1.54, 1.807) is 0 Å². The van der Waals surface area contributed by atoms with E-state index in [1.807, 2.05) is 24.3 Å². The Kier molecular flexibility index (Phi) is 2.63. The molecule has 1 aliphatic heterocycles. The van der Waals surface area contributed by atoms with E-state index in [4.69, 9.17) is 4.74 Å². The number of rotatable bonds is 2. The number of ether oxygens (including phenoxy) is 1. The van der Waals surface area contributed by atoms with Crippen LogP contribution >= 0.6 is 0 Å². The summed E-state index contributed by atoms with van der Waals surface area (Å²) in [5, 5.41) is 0. The Balaban J connectivity index is 1.87. The first-order chi connectivity index (χ1) is 8.74. The molecule has 0 amide bonds. The minimum absolute atomic E-state index is 0.142. The van der Waals surface area contributed by atoms with Gasteiger partial charge in [0.05, 0.1) is 5.56 Å². The molecular formula is C16H14O2. The summed E-state index contributed by atoms with van der Waals surface area (Å²) in [5.74, 6) is -0.206. The lowest BCUT2D eigenvalue weighted by Crippen LogP contribution is -2.02. The van der Waals surface area contributed by atoms with E-state index < -0.39 is 0 Å². The quantitative estimate of drug-likeness (QED) is 0.749. The number of esters is 1. The summed E-state index contributed by atoms with van der Waals surface area (Å²) in [6.45, 7) is 2.06. The molecular weight excluding hydrogens is 224 g/mol. The van der Waals surface area contributed by atoms with Crippen molar-refractivity contribution in [1.82, 2.24) is 0 Å². The highest BCUT2D eigenvalue weighted by Gasteiger charge is 2.30. The molecule has 2 aromatic carbocycles. The van der Waals surface area contributed by atoms with Gasteiger partial charge in [0.25, 0.3) is 0 Å². The van der Waals surface area contributed by atoms with Crippen molar-refractivity contribution in [2.24, 2.45) is 0 Å². The summed E-state index contributed by atoms with van der Waals surface area (Å²) in [5.41, 5.74) is 4.13. The van der Waals surface area contributed by atoms with Crippen molar-refractivity contribution in [2.75, 3.05) is 0 Å². The third-order valence-corrected chi connectivity index (χ3v) is 3.32. The molecule has 90 valence electrons. The summed E-state index contributed by atoms with van der Waals surface area (Å²) in [4.78, 5) is 11.7. The van der Waals surface area contributed by atoms with Crippen molar-refractivity contribution in [3.05, 3.63) is 70.8 Å². The van der Waals surface area contributed by atoms with E-state index >= 15 is 0 Å². The molecule has 1 heterocycles. The second-order valence-electron chi connectivity index (χ2n) is 4.67. The fourth-order valence-electron chi connectivity index (χ4n) is 2.31. The Morgan fingerprint density at radius 2 is 1.78 bits per heavy atom. The molecule has 0 bridgehead atoms. The van der Waals surface area contributed by atoms with Crippen LogP contribution in [-0.4, -0.2) is 5.97 Å². The normalized spacial score (nSPS) is 17.4. The van der Waals surface area contributed by atoms with Crippen LogP contribution in [0.1, 0.15) is 33.2 Å². The van der Waals surface area contributed by atoms with Gasteiger partial charge in [0.15, 0.2) is 0 Å². The molecule has 2 heteroatoms. The topological polar surface area (TPSA) is 26.3 Å². The second-order valence-corrected chi connectivity index (χ2v) is 4.67. The number of benzene rings is 2. The third kappa shape index (κ3) is 1.90. The van der Waals surface area contributed by atoms with E-state index in [0.717, 1.165) is 12.0 Å². The number of carbonyl (C=O) groups is 1. The van der Waals surface area contributed by atoms with Crippen molar-refractivity contribution in [3.8, 4) is 0 Å². The maximum atomic E-state index is 11.7. The van der Waals surface area contributed by atoms with Crippen molar-refractivity contribution >= 4 is 5.97 Å². The number of cyclic esters (lactones) is 1. The predicted molar refractivity (Wildman–Crippen MR) is 69.5 cm³/mol. The van der Waals surface area contributed by atoms with E-state index in [0.29, 0.717) is 5.56 Å². The van der Waals surface area contributed by atoms with Gasteiger partial charge in [-0.25, -0.2) is 4.79 Å². The molecule has 0 fully saturated rings. The standard InChI is InChI=1S/C16H14O2/c1-11-6-8-12(9-7-11)10-15-13-4-2-3-5-14(13)16(17)18-15/h2-9,15H,10H2,1H3/t15-/m0/s1. The molecule has 0 aromatic heterocycles. The molecule has 0 saturated carbocycles. The van der Waals surface area contributed by atoms with Crippen LogP contribution in [-0.2, 0) is 11.2 Å². The summed E-state index contributed by atoms with van der Waals surface area (Å²) in [6.07, 6.45) is 0.597. The molecule has 1 aliphatic rings. The average Bonchev–Trinajstić information content (AvgIpc) is 2.70. The summed E-state index contributed by atoms with van der Waals surface area (Å²) in [6, 6.07) is 16.0. The van der Waals surface area contributed by atoms with Crippen LogP contribution in [0.5, 0.6) is 0 Å². The van der Waals surface area contributed by atoms with E-state index in [9.17, 15) is 4.79 Å². The minimum atomic E-state index is -0.206. The number of fused-ring (bicyclic) bond motifs is 1. The van der Waals surface area contributed by atoms with Crippen molar-refractivity contribution in [2.45, 2.75) is 19.4 Å². The summed E-state index contributed by atoms with van der Waals surface area (Å²) < 4.78 is 5.43. The zero-order chi connectivity index (χ0) is 12.5. The summed E-state index contributed by atoms with van der Waals surface area (Å²) >= 11 is 0. The SMILES string of the molecule is Cc1ccc(C[C@@H]2OC(=O)c3ccccc32)cc1. The van der Waals surface area contributed by atoms with Gasteiger partial charge in [0.2, 0.25) is 0 Å². The van der Waals surface area contributed by atoms with Crippen molar-refractivity contribution in [3.63, 3.8) is 0 Å². The predicted octanol–water partition coefficient (Wildman–Crippen LogP) is 3.45. The van der Waals surface area contributed by atoms with Gasteiger partial charge < -0.3 is 4.74 Å². The molecule has 0 N–H and O–H groups in total. The Labute approximate surface area is 106 Å². The van der Waals surface area contributed by atoms with E-state index in [2.05, 4.69) is 31.2 Å². The lowest BCUT2D eigenvalue weighted by Gasteiger charge is -2.10. The van der Waals surface area contributed by atoms with E-state index in [-0.39, 0.29) is 12.1 Å². The molecule has 18 heavy (non-hydrogen) atoms. The van der Waals surface area contributed by atoms with E-state index in [1.165, 1.54) is 11.1 Å². The zero-order valence-electron chi connectivity index (χ0n) is 10.2. The first-order valence-corrected chi connectivity index (χ1v) is 6.09. The maximum Gasteiger partial charge on any atom is 0.339 e. The average molecular weight is 238 g/mol. The Bertz CT molecular complexity index is 584. The Morgan fingerprint density at radius 3 is 2.56 bits per heavy atom. The fourth-order valence-corrected chi connectivity index (χ4v) is 2.31. The smallest absolute Gasteiger partial charge is 0.339 e. The lowest BCUT2D eigenvalue weighted by molar-refractivity contribution is 0.0387. The van der Waals surface area contributed by atoms with Crippen molar-refractivity contribution < 1.29 is 9.53 Å². The van der Waals surface area contributed by atoms with Gasteiger partial charge in [0.1, 0.15) is 6.10 Å².